The fraction of sp³-hybridized carbons (Fsp3) is 0.198. The molecule has 10 aromatic carbocycles. The fourth-order valence-electron chi connectivity index (χ4n) is 12.8. The van der Waals surface area contributed by atoms with Crippen molar-refractivity contribution in [3.05, 3.63) is 234 Å². The van der Waals surface area contributed by atoms with Gasteiger partial charge in [-0.3, -0.25) is 5.32 Å². The summed E-state index contributed by atoms with van der Waals surface area (Å²) in [6.07, 6.45) is 3.40. The Hall–Kier alpha value is -8.91. The Balaban J connectivity index is 0.000000148. The second-order valence-electron chi connectivity index (χ2n) is 24.2. The topological polar surface area (TPSA) is 190 Å². The van der Waals surface area contributed by atoms with Gasteiger partial charge < -0.3 is 45.4 Å². The minimum atomic E-state index is 0.469. The summed E-state index contributed by atoms with van der Waals surface area (Å²) in [5.74, 6) is 4.05. The molecule has 6 N–H and O–H groups in total. The van der Waals surface area contributed by atoms with Crippen LogP contribution in [0.1, 0.15) is 22.3 Å². The van der Waals surface area contributed by atoms with Gasteiger partial charge in [0.2, 0.25) is 0 Å². The molecule has 0 fully saturated rings. The smallest absolute Gasteiger partial charge is 0.119 e. The van der Waals surface area contributed by atoms with Crippen LogP contribution in [-0.2, 0) is 25.7 Å². The first-order chi connectivity index (χ1) is 49.6. The van der Waals surface area contributed by atoms with Crippen LogP contribution in [0.15, 0.2) is 182 Å². The lowest BCUT2D eigenvalue weighted by Crippen LogP contribution is -2.28. The number of hydrogen-bond acceptors (Lipinski definition) is 15. The number of nitrogens with two attached hydrogens (primary N) is 2. The summed E-state index contributed by atoms with van der Waals surface area (Å²) < 4.78 is 27.3. The van der Waals surface area contributed by atoms with Crippen LogP contribution < -0.4 is 45.8 Å². The van der Waals surface area contributed by atoms with Crippen molar-refractivity contribution in [1.82, 2.24) is 40.5 Å². The van der Waals surface area contributed by atoms with Crippen LogP contribution >= 0.6 is 69.6 Å². The quantitative estimate of drug-likeness (QED) is 0.0340. The molecule has 0 spiro atoms. The SMILES string of the molecule is COc1ccc2nc3cc(Cl)ccc3c(CCN(C)CCc3c4ccc(Cl)cc4nc4ccc(OC)cc34)c2c1.COc1ccc2nc3cc(Cl)ccc3c(CCNCCc3c4ccc(Cl)cc4nc4ccc(OC)cc34)c2c1.COc1ccc2nc3cc(Cl)ccc3c(Cl)c2c1.NCNCN. The number of likely N-dealkylation sites (N-methyl/N-ethyl adjacent to an activating group) is 1. The molecule has 0 bridgehead atoms. The maximum Gasteiger partial charge on any atom is 0.119 e. The highest BCUT2D eigenvalue weighted by Crippen LogP contribution is 2.38. The van der Waals surface area contributed by atoms with Gasteiger partial charge in [-0.05, 0) is 226 Å². The normalized spacial score (nSPS) is 11.4. The van der Waals surface area contributed by atoms with E-state index in [1.54, 1.807) is 35.5 Å². The van der Waals surface area contributed by atoms with Crippen molar-refractivity contribution in [1.29, 1.82) is 0 Å². The molecule has 15 rings (SSSR count). The number of fused-ring (bicyclic) bond motifs is 10. The number of halogens is 6. The van der Waals surface area contributed by atoms with E-state index in [9.17, 15) is 0 Å². The summed E-state index contributed by atoms with van der Waals surface area (Å²) in [6.45, 7) is 4.32. The van der Waals surface area contributed by atoms with E-state index in [0.717, 1.165) is 190 Å². The highest BCUT2D eigenvalue weighted by Gasteiger charge is 2.18. The maximum atomic E-state index is 6.42. The predicted octanol–water partition coefficient (Wildman–Crippen LogP) is 19.0. The summed E-state index contributed by atoms with van der Waals surface area (Å²) >= 11 is 37.6. The molecule has 5 aromatic heterocycles. The number of ether oxygens (including phenoxy) is 5. The monoisotopic (exact) mass is 1480 g/mol. The average molecular weight is 1480 g/mol. The molecule has 5 heterocycles. The zero-order chi connectivity index (χ0) is 71.6. The number of nitrogens with zero attached hydrogens (tertiary/aromatic N) is 6. The molecule has 0 saturated carbocycles. The standard InChI is InChI=1S/C33H29Cl2N3O2.C32H27Cl2N3O2.C14H9Cl2NO.C2H9N3/c1-38(14-12-24-26-8-4-20(34)16-32(26)36-30-10-6-22(39-2)18-28(24)30)15-13-25-27-9-5-21(35)17-33(27)37-31-11-7-23(40-3)19-29(25)31;1-38-21-5-9-29-27(17-21)23(25-7-3-19(33)15-31(25)36-29)11-13-35-14-12-24-26-8-4-20(34)16-32(26)37-30-10-6-22(39-2)18-28(24)30;1-18-9-3-5-12-11(7-9)14(16)10-4-2-8(15)6-13(10)17-12;3-1-5-2-4/h4-11,16-19H,12-15H2,1-3H3;3-10,15-18,35H,11-14H2,1-2H3;2-7H,1H3;5H,1-4H2. The Kier molecular flexibility index (Phi) is 23.9. The molecular weight excluding hydrogens is 1410 g/mol. The van der Waals surface area contributed by atoms with E-state index < -0.39 is 0 Å². The largest absolute Gasteiger partial charge is 0.497 e. The lowest BCUT2D eigenvalue weighted by Gasteiger charge is -2.20. The molecule has 15 nitrogen and oxygen atoms in total. The van der Waals surface area contributed by atoms with Gasteiger partial charge in [0.25, 0.3) is 0 Å². The van der Waals surface area contributed by atoms with Crippen molar-refractivity contribution in [3.63, 3.8) is 0 Å². The number of nitrogens with one attached hydrogen (secondary N) is 2. The number of benzene rings is 10. The van der Waals surface area contributed by atoms with E-state index in [-0.39, 0.29) is 0 Å². The molecule has 0 aliphatic rings. The number of aromatic nitrogens is 5. The molecule has 0 amide bonds. The van der Waals surface area contributed by atoms with Gasteiger partial charge in [-0.25, -0.2) is 24.9 Å². The van der Waals surface area contributed by atoms with Crippen LogP contribution in [-0.4, -0.2) is 112 Å². The summed E-state index contributed by atoms with van der Waals surface area (Å²) in [5.41, 5.74) is 23.9. The van der Waals surface area contributed by atoms with Gasteiger partial charge in [-0.15, -0.1) is 0 Å². The zero-order valence-electron chi connectivity index (χ0n) is 57.0. The van der Waals surface area contributed by atoms with Gasteiger partial charge in [-0.2, -0.15) is 0 Å². The zero-order valence-corrected chi connectivity index (χ0v) is 61.6. The number of hydrogen-bond donors (Lipinski definition) is 4. The molecule has 0 aliphatic carbocycles. The summed E-state index contributed by atoms with van der Waals surface area (Å²) in [4.78, 5) is 26.4. The first-order valence-electron chi connectivity index (χ1n) is 33.0. The summed E-state index contributed by atoms with van der Waals surface area (Å²) in [7, 11) is 10.6. The van der Waals surface area contributed by atoms with Crippen molar-refractivity contribution >= 4 is 179 Å². The first kappa shape index (κ1) is 72.9. The van der Waals surface area contributed by atoms with Crippen molar-refractivity contribution < 1.29 is 23.7 Å². The lowest BCUT2D eigenvalue weighted by molar-refractivity contribution is 0.344. The van der Waals surface area contributed by atoms with E-state index in [1.165, 1.54) is 22.3 Å². The fourth-order valence-corrected chi connectivity index (χ4v) is 14.0. The van der Waals surface area contributed by atoms with Crippen molar-refractivity contribution in [2.75, 3.05) is 82.1 Å². The molecule has 21 heteroatoms. The number of pyridine rings is 5. The Labute approximate surface area is 620 Å². The van der Waals surface area contributed by atoms with Crippen molar-refractivity contribution in [2.45, 2.75) is 25.7 Å². The van der Waals surface area contributed by atoms with Gasteiger partial charge in [0, 0.05) is 105 Å². The molecule has 0 aliphatic heterocycles. The molecular formula is C81H74Cl6N10O5. The van der Waals surface area contributed by atoms with Gasteiger partial charge >= 0.3 is 0 Å². The molecule has 0 atom stereocenters. The Morgan fingerprint density at radius 2 is 0.549 bits per heavy atom. The van der Waals surface area contributed by atoms with E-state index in [4.69, 9.17) is 125 Å². The van der Waals surface area contributed by atoms with Crippen LogP contribution in [0.4, 0.5) is 0 Å². The maximum absolute atomic E-state index is 6.42. The summed E-state index contributed by atoms with van der Waals surface area (Å²) in [5, 5.41) is 21.0. The Bertz CT molecular complexity index is 5330. The molecule has 0 saturated heterocycles. The van der Waals surface area contributed by atoms with E-state index in [0.29, 0.717) is 43.5 Å². The summed E-state index contributed by atoms with van der Waals surface area (Å²) in [6, 6.07) is 59.0. The highest BCUT2D eigenvalue weighted by molar-refractivity contribution is 6.41. The second-order valence-corrected chi connectivity index (χ2v) is 26.8. The van der Waals surface area contributed by atoms with E-state index in [2.05, 4.69) is 76.1 Å². The third-order valence-electron chi connectivity index (χ3n) is 18.0. The highest BCUT2D eigenvalue weighted by atomic mass is 35.5. The van der Waals surface area contributed by atoms with Crippen LogP contribution in [0.5, 0.6) is 28.7 Å². The first-order valence-corrected chi connectivity index (χ1v) is 35.3. The van der Waals surface area contributed by atoms with Gasteiger partial charge in [-0.1, -0.05) is 93.9 Å². The number of rotatable bonds is 19. The average Bonchev–Trinajstić information content (AvgIpc) is 0.798. The van der Waals surface area contributed by atoms with Crippen molar-refractivity contribution in [2.24, 2.45) is 11.5 Å². The number of methoxy groups -OCH3 is 5. The molecule has 0 unspecified atom stereocenters. The molecule has 520 valence electrons. The van der Waals surface area contributed by atoms with E-state index >= 15 is 0 Å². The third-order valence-corrected chi connectivity index (χ3v) is 19.6. The minimum absolute atomic E-state index is 0.469. The van der Waals surface area contributed by atoms with Crippen LogP contribution in [0.3, 0.4) is 0 Å². The van der Waals surface area contributed by atoms with Crippen LogP contribution in [0.2, 0.25) is 30.1 Å². The Morgan fingerprint density at radius 3 is 0.824 bits per heavy atom. The van der Waals surface area contributed by atoms with E-state index in [1.807, 2.05) is 133 Å². The van der Waals surface area contributed by atoms with Crippen LogP contribution in [0, 0.1) is 0 Å². The minimum Gasteiger partial charge on any atom is -0.497 e. The van der Waals surface area contributed by atoms with Gasteiger partial charge in [0.05, 0.1) is 95.7 Å². The lowest BCUT2D eigenvalue weighted by atomic mass is 9.98. The second kappa shape index (κ2) is 33.5. The van der Waals surface area contributed by atoms with Crippen molar-refractivity contribution in [3.8, 4) is 28.7 Å². The molecule has 0 radical (unpaired) electrons. The molecule has 15 aromatic rings. The van der Waals surface area contributed by atoms with Crippen LogP contribution in [0.25, 0.3) is 109 Å². The van der Waals surface area contributed by atoms with Gasteiger partial charge in [0.15, 0.2) is 0 Å². The molecule has 102 heavy (non-hydrogen) atoms. The Morgan fingerprint density at radius 1 is 0.294 bits per heavy atom. The predicted molar refractivity (Wildman–Crippen MR) is 425 cm³/mol. The third kappa shape index (κ3) is 16.6. The van der Waals surface area contributed by atoms with Gasteiger partial charge in [0.1, 0.15) is 28.7 Å².